The van der Waals surface area contributed by atoms with Crippen LogP contribution in [0.3, 0.4) is 0 Å². The summed E-state index contributed by atoms with van der Waals surface area (Å²) in [5.74, 6) is -0.159. The molecule has 0 aliphatic carbocycles. The lowest BCUT2D eigenvalue weighted by molar-refractivity contribution is 0.0751. The Bertz CT molecular complexity index is 638. The van der Waals surface area contributed by atoms with Gasteiger partial charge in [-0.2, -0.15) is 0 Å². The SMILES string of the molecule is [B]c1cc2nc(C(C)(C)O)c(N)cc2c(O)c1Cl. The first kappa shape index (κ1) is 13.0. The maximum Gasteiger partial charge on any atom is 0.143 e. The molecular weight excluding hydrogens is 250 g/mol. The number of rotatable bonds is 1. The molecule has 0 saturated heterocycles. The third-order valence-electron chi connectivity index (χ3n) is 2.67. The number of pyridine rings is 1. The highest BCUT2D eigenvalue weighted by molar-refractivity contribution is 6.47. The van der Waals surface area contributed by atoms with E-state index in [4.69, 9.17) is 25.2 Å². The zero-order chi connectivity index (χ0) is 13.7. The summed E-state index contributed by atoms with van der Waals surface area (Å²) < 4.78 is 0. The Morgan fingerprint density at radius 1 is 1.39 bits per heavy atom. The quantitative estimate of drug-likeness (QED) is 0.675. The second-order valence-corrected chi connectivity index (χ2v) is 5.06. The molecular formula is C12H12BClN2O2. The Morgan fingerprint density at radius 3 is 2.56 bits per heavy atom. The van der Waals surface area contributed by atoms with Crippen molar-refractivity contribution >= 4 is 41.5 Å². The smallest absolute Gasteiger partial charge is 0.143 e. The van der Waals surface area contributed by atoms with Crippen LogP contribution in [0.25, 0.3) is 10.9 Å². The molecule has 0 atom stereocenters. The average Bonchev–Trinajstić information content (AvgIpc) is 2.25. The summed E-state index contributed by atoms with van der Waals surface area (Å²) in [4.78, 5) is 4.24. The molecule has 0 unspecified atom stereocenters. The molecule has 2 aromatic rings. The third-order valence-corrected chi connectivity index (χ3v) is 3.07. The number of fused-ring (bicyclic) bond motifs is 1. The number of benzene rings is 1. The summed E-state index contributed by atoms with van der Waals surface area (Å²) in [6.45, 7) is 3.16. The lowest BCUT2D eigenvalue weighted by Gasteiger charge is -2.20. The van der Waals surface area contributed by atoms with E-state index >= 15 is 0 Å². The number of nitrogens with zero attached hydrogens (tertiary/aromatic N) is 1. The first-order valence-electron chi connectivity index (χ1n) is 5.32. The van der Waals surface area contributed by atoms with Crippen LogP contribution in [0.5, 0.6) is 5.75 Å². The highest BCUT2D eigenvalue weighted by Crippen LogP contribution is 2.34. The third kappa shape index (κ3) is 2.00. The van der Waals surface area contributed by atoms with E-state index in [2.05, 4.69) is 4.98 Å². The first-order valence-corrected chi connectivity index (χ1v) is 5.69. The number of aromatic hydroxyl groups is 1. The molecule has 92 valence electrons. The molecule has 2 rings (SSSR count). The molecule has 2 radical (unpaired) electrons. The normalized spacial score (nSPS) is 12.0. The Hall–Kier alpha value is -1.46. The lowest BCUT2D eigenvalue weighted by atomic mass is 9.93. The Labute approximate surface area is 111 Å². The maximum atomic E-state index is 9.96. The Kier molecular flexibility index (Phi) is 2.91. The minimum atomic E-state index is -1.18. The van der Waals surface area contributed by atoms with Crippen molar-refractivity contribution in [2.75, 3.05) is 5.73 Å². The van der Waals surface area contributed by atoms with E-state index < -0.39 is 5.60 Å². The average molecular weight is 263 g/mol. The summed E-state index contributed by atoms with van der Waals surface area (Å²) in [5, 5.41) is 20.3. The second kappa shape index (κ2) is 4.04. The number of phenols is 1. The van der Waals surface area contributed by atoms with Gasteiger partial charge in [0.2, 0.25) is 0 Å². The van der Waals surface area contributed by atoms with E-state index in [9.17, 15) is 10.2 Å². The number of hydrogen-bond donors (Lipinski definition) is 3. The Balaban J connectivity index is 2.85. The highest BCUT2D eigenvalue weighted by Gasteiger charge is 2.22. The summed E-state index contributed by atoms with van der Waals surface area (Å²) in [6.07, 6.45) is 0. The van der Waals surface area contributed by atoms with Crippen molar-refractivity contribution in [3.63, 3.8) is 0 Å². The molecule has 0 aliphatic heterocycles. The van der Waals surface area contributed by atoms with Crippen LogP contribution in [0, 0.1) is 0 Å². The first-order chi connectivity index (χ1) is 8.21. The van der Waals surface area contributed by atoms with Crippen LogP contribution in [-0.4, -0.2) is 23.0 Å². The molecule has 0 aliphatic rings. The van der Waals surface area contributed by atoms with Gasteiger partial charge >= 0.3 is 0 Å². The van der Waals surface area contributed by atoms with Gasteiger partial charge in [0.15, 0.2) is 0 Å². The fraction of sp³-hybridized carbons (Fsp3) is 0.250. The molecule has 4 N–H and O–H groups in total. The molecule has 1 heterocycles. The fourth-order valence-electron chi connectivity index (χ4n) is 1.80. The topological polar surface area (TPSA) is 79.4 Å². The van der Waals surface area contributed by atoms with E-state index in [1.54, 1.807) is 13.8 Å². The van der Waals surface area contributed by atoms with Crippen molar-refractivity contribution in [1.29, 1.82) is 0 Å². The minimum Gasteiger partial charge on any atom is -0.506 e. The fourth-order valence-corrected chi connectivity index (χ4v) is 1.95. The number of halogens is 1. The van der Waals surface area contributed by atoms with Crippen molar-refractivity contribution in [3.05, 3.63) is 22.8 Å². The van der Waals surface area contributed by atoms with Gasteiger partial charge in [0.05, 0.1) is 21.9 Å². The second-order valence-electron chi connectivity index (χ2n) is 4.68. The summed E-state index contributed by atoms with van der Waals surface area (Å²) >= 11 is 5.85. The molecule has 6 heteroatoms. The van der Waals surface area contributed by atoms with E-state index in [-0.39, 0.29) is 21.9 Å². The molecule has 1 aromatic carbocycles. The minimum absolute atomic E-state index is 0.0692. The lowest BCUT2D eigenvalue weighted by Crippen LogP contribution is -2.20. The van der Waals surface area contributed by atoms with Crippen molar-refractivity contribution in [2.45, 2.75) is 19.4 Å². The number of anilines is 1. The predicted molar refractivity (Wildman–Crippen MR) is 73.5 cm³/mol. The van der Waals surface area contributed by atoms with E-state index in [1.807, 2.05) is 0 Å². The monoisotopic (exact) mass is 262 g/mol. The number of phenolic OH excluding ortho intramolecular Hbond substituents is 1. The number of aromatic nitrogens is 1. The molecule has 0 fully saturated rings. The maximum absolute atomic E-state index is 9.96. The zero-order valence-electron chi connectivity index (χ0n) is 10.0. The van der Waals surface area contributed by atoms with Crippen molar-refractivity contribution in [1.82, 2.24) is 4.98 Å². The van der Waals surface area contributed by atoms with Crippen LogP contribution < -0.4 is 11.2 Å². The molecule has 0 spiro atoms. The van der Waals surface area contributed by atoms with Crippen LogP contribution in [0.2, 0.25) is 5.02 Å². The van der Waals surface area contributed by atoms with Gasteiger partial charge < -0.3 is 15.9 Å². The number of nitrogen functional groups attached to an aromatic ring is 1. The largest absolute Gasteiger partial charge is 0.506 e. The highest BCUT2D eigenvalue weighted by atomic mass is 35.5. The number of nitrogens with two attached hydrogens (primary N) is 1. The van der Waals surface area contributed by atoms with Gasteiger partial charge in [0.1, 0.15) is 19.2 Å². The molecule has 1 aromatic heterocycles. The van der Waals surface area contributed by atoms with Gasteiger partial charge in [-0.15, -0.1) is 0 Å². The van der Waals surface area contributed by atoms with Gasteiger partial charge in [0.25, 0.3) is 0 Å². The van der Waals surface area contributed by atoms with Crippen LogP contribution >= 0.6 is 11.6 Å². The number of hydrogen-bond acceptors (Lipinski definition) is 4. The van der Waals surface area contributed by atoms with Crippen molar-refractivity contribution in [3.8, 4) is 5.75 Å². The molecule has 0 amide bonds. The van der Waals surface area contributed by atoms with Gasteiger partial charge in [0, 0.05) is 5.39 Å². The van der Waals surface area contributed by atoms with Crippen LogP contribution in [0.4, 0.5) is 5.69 Å². The summed E-state index contributed by atoms with van der Waals surface area (Å²) in [6, 6.07) is 3.06. The molecule has 0 bridgehead atoms. The van der Waals surface area contributed by atoms with E-state index in [0.29, 0.717) is 16.6 Å². The van der Waals surface area contributed by atoms with E-state index in [1.165, 1.54) is 12.1 Å². The van der Waals surface area contributed by atoms with Gasteiger partial charge in [-0.1, -0.05) is 17.1 Å². The zero-order valence-corrected chi connectivity index (χ0v) is 10.8. The molecule has 0 saturated carbocycles. The van der Waals surface area contributed by atoms with Crippen LogP contribution in [-0.2, 0) is 5.60 Å². The van der Waals surface area contributed by atoms with Gasteiger partial charge in [-0.3, -0.25) is 0 Å². The predicted octanol–water partition coefficient (Wildman–Crippen LogP) is 1.20. The van der Waals surface area contributed by atoms with Gasteiger partial charge in [-0.25, -0.2) is 4.98 Å². The van der Waals surface area contributed by atoms with Crippen LogP contribution in [0.15, 0.2) is 12.1 Å². The van der Waals surface area contributed by atoms with Crippen molar-refractivity contribution in [2.24, 2.45) is 0 Å². The summed E-state index contributed by atoms with van der Waals surface area (Å²) in [5.41, 5.74) is 5.91. The molecule has 18 heavy (non-hydrogen) atoms. The number of aliphatic hydroxyl groups is 1. The summed E-state index contributed by atoms with van der Waals surface area (Å²) in [7, 11) is 5.66. The van der Waals surface area contributed by atoms with Crippen molar-refractivity contribution < 1.29 is 10.2 Å². The van der Waals surface area contributed by atoms with Gasteiger partial charge in [-0.05, 0) is 26.0 Å². The van der Waals surface area contributed by atoms with E-state index in [0.717, 1.165) is 0 Å². The standard InChI is InChI=1S/C12H12BClN2O2/c1-12(2,18)11-7(15)3-5-8(16-11)4-6(13)9(14)10(5)17/h3-4,17-18H,15H2,1-2H3. The molecule has 4 nitrogen and oxygen atoms in total. The Morgan fingerprint density at radius 2 is 2.00 bits per heavy atom. The van der Waals surface area contributed by atoms with Crippen LogP contribution in [0.1, 0.15) is 19.5 Å².